The normalized spacial score (nSPS) is 15.4. The average molecular weight is 354 g/mol. The van der Waals surface area contributed by atoms with E-state index in [1.54, 1.807) is 0 Å². The number of hydrogen-bond acceptors (Lipinski definition) is 4. The van der Waals surface area contributed by atoms with Crippen molar-refractivity contribution < 1.29 is 22.5 Å². The zero-order valence-corrected chi connectivity index (χ0v) is 13.7. The van der Waals surface area contributed by atoms with E-state index in [2.05, 4.69) is 15.5 Å². The summed E-state index contributed by atoms with van der Waals surface area (Å²) in [5.74, 6) is 1.08. The largest absolute Gasteiger partial charge is 0.418 e. The highest BCUT2D eigenvalue weighted by Crippen LogP contribution is 2.35. The van der Waals surface area contributed by atoms with E-state index in [-0.39, 0.29) is 17.5 Å². The van der Waals surface area contributed by atoms with Crippen LogP contribution in [0, 0.1) is 0 Å². The van der Waals surface area contributed by atoms with E-state index < -0.39 is 17.8 Å². The molecule has 6 nitrogen and oxygen atoms in total. The molecule has 1 N–H and O–H groups in total. The van der Waals surface area contributed by atoms with Crippen LogP contribution in [0.2, 0.25) is 0 Å². The van der Waals surface area contributed by atoms with Crippen LogP contribution >= 0.6 is 0 Å². The van der Waals surface area contributed by atoms with E-state index in [4.69, 9.17) is 4.52 Å². The Balaban J connectivity index is 1.61. The van der Waals surface area contributed by atoms with Gasteiger partial charge in [0.15, 0.2) is 5.82 Å². The van der Waals surface area contributed by atoms with E-state index in [0.717, 1.165) is 6.07 Å². The van der Waals surface area contributed by atoms with Crippen LogP contribution in [0.5, 0.6) is 0 Å². The van der Waals surface area contributed by atoms with Gasteiger partial charge in [-0.15, -0.1) is 0 Å². The number of rotatable bonds is 3. The van der Waals surface area contributed by atoms with Crippen molar-refractivity contribution in [2.75, 3.05) is 18.4 Å². The second-order valence-electron chi connectivity index (χ2n) is 6.22. The van der Waals surface area contributed by atoms with Crippen LogP contribution in [-0.2, 0) is 6.18 Å². The Kier molecular flexibility index (Phi) is 4.40. The Morgan fingerprint density at radius 2 is 2.00 bits per heavy atom. The lowest BCUT2D eigenvalue weighted by molar-refractivity contribution is -0.136. The van der Waals surface area contributed by atoms with Gasteiger partial charge in [-0.1, -0.05) is 31.1 Å². The Morgan fingerprint density at radius 3 is 2.60 bits per heavy atom. The molecule has 3 rings (SSSR count). The zero-order chi connectivity index (χ0) is 18.2. The van der Waals surface area contributed by atoms with Crippen LogP contribution < -0.4 is 5.32 Å². The number of amides is 2. The molecular formula is C16H17F3N4O2. The number of hydrogen-bond donors (Lipinski definition) is 1. The standard InChI is InChI=1S/C16H17F3N4O2/c1-9(2)13-21-14(25-22-13)10-7-23(8-10)15(24)20-12-6-4-3-5-11(12)16(17,18)19/h3-6,9-10H,7-8H2,1-2H3,(H,20,24). The van der Waals surface area contributed by atoms with Crippen LogP contribution in [0.3, 0.4) is 0 Å². The third-order valence-electron chi connectivity index (χ3n) is 3.97. The van der Waals surface area contributed by atoms with Crippen molar-refractivity contribution in [3.63, 3.8) is 0 Å². The number of alkyl halides is 3. The fourth-order valence-corrected chi connectivity index (χ4v) is 2.48. The Morgan fingerprint density at radius 1 is 1.32 bits per heavy atom. The topological polar surface area (TPSA) is 71.3 Å². The van der Waals surface area contributed by atoms with Gasteiger partial charge in [-0.05, 0) is 12.1 Å². The second-order valence-corrected chi connectivity index (χ2v) is 6.22. The fraction of sp³-hybridized carbons (Fsp3) is 0.438. The molecule has 1 fully saturated rings. The van der Waals surface area contributed by atoms with Gasteiger partial charge < -0.3 is 14.7 Å². The van der Waals surface area contributed by atoms with Gasteiger partial charge in [0, 0.05) is 19.0 Å². The van der Waals surface area contributed by atoms with Crippen molar-refractivity contribution >= 4 is 11.7 Å². The molecule has 0 spiro atoms. The van der Waals surface area contributed by atoms with Gasteiger partial charge in [0.1, 0.15) is 0 Å². The molecule has 1 saturated heterocycles. The first kappa shape index (κ1) is 17.2. The molecule has 1 aliphatic heterocycles. The van der Waals surface area contributed by atoms with Crippen molar-refractivity contribution in [3.05, 3.63) is 41.5 Å². The molecule has 1 aliphatic rings. The van der Waals surface area contributed by atoms with E-state index in [1.807, 2.05) is 13.8 Å². The molecule has 1 aromatic carbocycles. The molecule has 0 unspecified atom stereocenters. The first-order chi connectivity index (χ1) is 11.8. The molecule has 0 saturated carbocycles. The molecule has 2 aromatic rings. The van der Waals surface area contributed by atoms with Crippen molar-refractivity contribution in [2.24, 2.45) is 0 Å². The molecule has 2 heterocycles. The Labute approximate surface area is 142 Å². The summed E-state index contributed by atoms with van der Waals surface area (Å²) in [7, 11) is 0. The van der Waals surface area contributed by atoms with Gasteiger partial charge in [-0.2, -0.15) is 18.2 Å². The lowest BCUT2D eigenvalue weighted by Crippen LogP contribution is -2.50. The van der Waals surface area contributed by atoms with Gasteiger partial charge in [-0.3, -0.25) is 0 Å². The average Bonchev–Trinajstić information content (AvgIpc) is 2.95. The smallest absolute Gasteiger partial charge is 0.339 e. The molecule has 0 radical (unpaired) electrons. The maximum atomic E-state index is 13.0. The first-order valence-electron chi connectivity index (χ1n) is 7.81. The maximum absolute atomic E-state index is 13.0. The minimum Gasteiger partial charge on any atom is -0.339 e. The summed E-state index contributed by atoms with van der Waals surface area (Å²) in [6, 6.07) is 4.29. The number of carbonyl (C=O) groups is 1. The number of para-hydroxylation sites is 1. The van der Waals surface area contributed by atoms with Gasteiger partial charge in [0.05, 0.1) is 17.2 Å². The lowest BCUT2D eigenvalue weighted by atomic mass is 10.0. The van der Waals surface area contributed by atoms with Crippen LogP contribution in [0.25, 0.3) is 0 Å². The Hall–Kier alpha value is -2.58. The predicted octanol–water partition coefficient (Wildman–Crippen LogP) is 3.84. The number of carbonyl (C=O) groups excluding carboxylic acids is 1. The quantitative estimate of drug-likeness (QED) is 0.909. The molecule has 2 amide bonds. The summed E-state index contributed by atoms with van der Waals surface area (Å²) in [4.78, 5) is 17.8. The van der Waals surface area contributed by atoms with Crippen molar-refractivity contribution in [1.29, 1.82) is 0 Å². The van der Waals surface area contributed by atoms with E-state index in [0.29, 0.717) is 24.8 Å². The molecule has 9 heteroatoms. The molecule has 0 bridgehead atoms. The summed E-state index contributed by atoms with van der Waals surface area (Å²) in [5, 5.41) is 6.18. The van der Waals surface area contributed by atoms with Crippen molar-refractivity contribution in [1.82, 2.24) is 15.0 Å². The summed E-state index contributed by atoms with van der Waals surface area (Å²) in [6.07, 6.45) is -4.53. The van der Waals surface area contributed by atoms with Gasteiger partial charge >= 0.3 is 12.2 Å². The highest BCUT2D eigenvalue weighted by Gasteiger charge is 2.38. The van der Waals surface area contributed by atoms with Crippen molar-refractivity contribution in [2.45, 2.75) is 31.9 Å². The fourth-order valence-electron chi connectivity index (χ4n) is 2.48. The van der Waals surface area contributed by atoms with E-state index in [9.17, 15) is 18.0 Å². The molecule has 0 aliphatic carbocycles. The zero-order valence-electron chi connectivity index (χ0n) is 13.7. The summed E-state index contributed by atoms with van der Waals surface area (Å²) >= 11 is 0. The minimum absolute atomic E-state index is 0.0939. The molecule has 0 atom stereocenters. The van der Waals surface area contributed by atoms with Crippen LogP contribution in [0.4, 0.5) is 23.7 Å². The summed E-state index contributed by atoms with van der Waals surface area (Å²) < 4.78 is 44.0. The number of anilines is 1. The second kappa shape index (κ2) is 6.38. The number of likely N-dealkylation sites (tertiary alicyclic amines) is 1. The van der Waals surface area contributed by atoms with Gasteiger partial charge in [0.25, 0.3) is 0 Å². The number of nitrogens with one attached hydrogen (secondary N) is 1. The van der Waals surface area contributed by atoms with Gasteiger partial charge in [0.2, 0.25) is 5.89 Å². The summed E-state index contributed by atoms with van der Waals surface area (Å²) in [5.41, 5.74) is -1.14. The third-order valence-corrected chi connectivity index (χ3v) is 3.97. The number of aromatic nitrogens is 2. The molecular weight excluding hydrogens is 337 g/mol. The van der Waals surface area contributed by atoms with Gasteiger partial charge in [-0.25, -0.2) is 4.79 Å². The Bertz CT molecular complexity index is 767. The first-order valence-corrected chi connectivity index (χ1v) is 7.81. The molecule has 134 valence electrons. The maximum Gasteiger partial charge on any atom is 0.418 e. The van der Waals surface area contributed by atoms with E-state index >= 15 is 0 Å². The number of halogens is 3. The number of benzene rings is 1. The highest BCUT2D eigenvalue weighted by molar-refractivity contribution is 5.91. The minimum atomic E-state index is -4.53. The van der Waals surface area contributed by atoms with E-state index in [1.165, 1.54) is 23.1 Å². The van der Waals surface area contributed by atoms with Crippen LogP contribution in [0.15, 0.2) is 28.8 Å². The highest BCUT2D eigenvalue weighted by atomic mass is 19.4. The van der Waals surface area contributed by atoms with Crippen molar-refractivity contribution in [3.8, 4) is 0 Å². The predicted molar refractivity (Wildman–Crippen MR) is 83.2 cm³/mol. The van der Waals surface area contributed by atoms with Crippen LogP contribution in [-0.4, -0.2) is 34.2 Å². The monoisotopic (exact) mass is 354 g/mol. The van der Waals surface area contributed by atoms with Crippen LogP contribution in [0.1, 0.15) is 43.0 Å². The summed E-state index contributed by atoms with van der Waals surface area (Å²) in [6.45, 7) is 4.51. The SMILES string of the molecule is CC(C)c1noc(C2CN(C(=O)Nc3ccccc3C(F)(F)F)C2)n1. The number of nitrogens with zero attached hydrogens (tertiary/aromatic N) is 3. The molecule has 25 heavy (non-hydrogen) atoms. The molecule has 1 aromatic heterocycles. The lowest BCUT2D eigenvalue weighted by Gasteiger charge is -2.37. The number of urea groups is 1. The third kappa shape index (κ3) is 3.59.